The predicted molar refractivity (Wildman–Crippen MR) is 255 cm³/mol. The molecule has 0 spiro atoms. The number of aromatic nitrogens is 4. The number of hydrogen-bond acceptors (Lipinski definition) is 15. The summed E-state index contributed by atoms with van der Waals surface area (Å²) in [4.78, 5) is 4.66. The van der Waals surface area contributed by atoms with Gasteiger partial charge in [0.05, 0.1) is 17.4 Å². The van der Waals surface area contributed by atoms with Gasteiger partial charge in [0.25, 0.3) is 11.8 Å². The zero-order valence-corrected chi connectivity index (χ0v) is 38.8. The van der Waals surface area contributed by atoms with Crippen LogP contribution in [0, 0.1) is 20.8 Å². The predicted octanol–water partition coefficient (Wildman–Crippen LogP) is 9.06. The molecule has 4 aromatic carbocycles. The molecule has 2 atom stereocenters. The van der Waals surface area contributed by atoms with Gasteiger partial charge in [0.1, 0.15) is 53.8 Å². The largest absolute Gasteiger partial charge is 0.493 e. The summed E-state index contributed by atoms with van der Waals surface area (Å²) < 4.78 is 40.2. The maximum absolute atomic E-state index is 10.7. The number of aliphatic hydroxyl groups excluding tert-OH is 2. The van der Waals surface area contributed by atoms with Gasteiger partial charge in [-0.05, 0) is 118 Å². The highest BCUT2D eigenvalue weighted by atomic mass is 16.5. The molecule has 15 heteroatoms. The van der Waals surface area contributed by atoms with E-state index in [1.807, 2.05) is 48.5 Å². The summed E-state index contributed by atoms with van der Waals surface area (Å²) >= 11 is 0. The molecule has 0 radical (unpaired) electrons. The average molecular weight is 923 g/mol. The Hall–Kier alpha value is -6.52. The third kappa shape index (κ3) is 10.6. The minimum Gasteiger partial charge on any atom is -0.493 e. The van der Waals surface area contributed by atoms with E-state index >= 15 is 0 Å². The second-order valence-electron chi connectivity index (χ2n) is 18.3. The van der Waals surface area contributed by atoms with E-state index in [0.717, 1.165) is 81.4 Å². The lowest BCUT2D eigenvalue weighted by molar-refractivity contribution is 0.0598. The lowest BCUT2D eigenvalue weighted by atomic mass is 9.88. The Labute approximate surface area is 394 Å². The zero-order valence-electron chi connectivity index (χ0n) is 38.8. The lowest BCUT2D eigenvalue weighted by Gasteiger charge is -2.33. The van der Waals surface area contributed by atoms with Crippen LogP contribution >= 0.6 is 0 Å². The Morgan fingerprint density at radius 2 is 1.09 bits per heavy atom. The molecule has 0 amide bonds. The van der Waals surface area contributed by atoms with E-state index in [1.165, 1.54) is 22.3 Å². The number of likely N-dealkylation sites (tertiary alicyclic amines) is 2. The van der Waals surface area contributed by atoms with Gasteiger partial charge in [-0.3, -0.25) is 0 Å². The first-order valence-electron chi connectivity index (χ1n) is 23.7. The molecule has 3 aliphatic heterocycles. The van der Waals surface area contributed by atoms with Crippen molar-refractivity contribution in [3.63, 3.8) is 0 Å². The number of furan rings is 2. The van der Waals surface area contributed by atoms with E-state index in [2.05, 4.69) is 79.6 Å². The van der Waals surface area contributed by atoms with Crippen LogP contribution in [0.2, 0.25) is 0 Å². The molecule has 15 nitrogen and oxygen atoms in total. The molecule has 4 aromatic heterocycles. The molecule has 7 heterocycles. The summed E-state index contributed by atoms with van der Waals surface area (Å²) in [6, 6.07) is 30.4. The molecule has 354 valence electrons. The van der Waals surface area contributed by atoms with Crippen molar-refractivity contribution in [3.8, 4) is 40.6 Å². The normalized spacial score (nSPS) is 16.9. The van der Waals surface area contributed by atoms with E-state index in [1.54, 1.807) is 13.8 Å². The quantitative estimate of drug-likeness (QED) is 0.105. The van der Waals surface area contributed by atoms with Crippen molar-refractivity contribution in [2.45, 2.75) is 76.9 Å². The number of piperidine rings is 2. The van der Waals surface area contributed by atoms with Crippen molar-refractivity contribution < 1.29 is 42.1 Å². The fraction of sp³-hybridized carbons (Fsp3) is 0.396. The van der Waals surface area contributed by atoms with Gasteiger partial charge in [0.2, 0.25) is 11.8 Å². The topological polar surface area (TPSA) is 179 Å². The molecular formula is C53H58N6O9. The third-order valence-corrected chi connectivity index (χ3v) is 13.2. The Morgan fingerprint density at radius 3 is 1.59 bits per heavy atom. The number of rotatable bonds is 14. The molecule has 2 N–H and O–H groups in total. The van der Waals surface area contributed by atoms with Gasteiger partial charge in [0, 0.05) is 45.5 Å². The number of aliphatic hydroxyl groups is 2. The Bertz CT molecular complexity index is 2920. The van der Waals surface area contributed by atoms with Crippen molar-refractivity contribution in [2.75, 3.05) is 59.1 Å². The summed E-state index contributed by atoms with van der Waals surface area (Å²) in [5.74, 6) is 6.16. The van der Waals surface area contributed by atoms with E-state index in [-0.39, 0.29) is 13.2 Å². The highest BCUT2D eigenvalue weighted by Crippen LogP contribution is 2.36. The number of benzene rings is 4. The summed E-state index contributed by atoms with van der Waals surface area (Å²) in [5, 5.41) is 38.6. The van der Waals surface area contributed by atoms with Crippen molar-refractivity contribution in [3.05, 3.63) is 125 Å². The SMILES string of the molecule is Cc1ccc(C2CCN(C[C@H](O)COc3cccc4oc(-c5nnc(C)o5)cc34)CC2)cc1.Cc1nnc(-c2cc3c(OC[C@@H](O)CN4CCC(c5ccc6c(c5)CCO6)CC4)cccc3o2)o1. The molecule has 2 fully saturated rings. The Balaban J connectivity index is 0.000000159. The number of hydrogen-bond donors (Lipinski definition) is 2. The maximum Gasteiger partial charge on any atom is 0.283 e. The minimum atomic E-state index is -0.580. The molecule has 2 saturated heterocycles. The van der Waals surface area contributed by atoms with Crippen LogP contribution < -0.4 is 14.2 Å². The van der Waals surface area contributed by atoms with E-state index in [0.29, 0.717) is 82.7 Å². The fourth-order valence-corrected chi connectivity index (χ4v) is 9.59. The monoisotopic (exact) mass is 922 g/mol. The average Bonchev–Trinajstić information content (AvgIpc) is 4.22. The highest BCUT2D eigenvalue weighted by molar-refractivity contribution is 5.88. The van der Waals surface area contributed by atoms with Gasteiger partial charge in [-0.1, -0.05) is 54.1 Å². The first kappa shape index (κ1) is 45.3. The van der Waals surface area contributed by atoms with Crippen LogP contribution in [0.15, 0.2) is 109 Å². The minimum absolute atomic E-state index is 0.212. The standard InChI is InChI=1S/C27H29N3O5.C26H29N3O4/c1-17-28-29-27(34-17)26-14-22-24(3-2-4-25(22)35-26)33-16-21(31)15-30-10-7-18(8-11-30)19-5-6-23-20(13-19)9-12-32-23;1-17-6-8-19(9-7-17)20-10-12-29(13-11-20)15-21(30)16-31-23-4-3-5-24-22(23)14-25(33-24)26-28-27-18(2)32-26/h2-6,13-14,18,21,31H,7-12,15-16H2,1H3;3-9,14,20-21,30H,10-13,15-16H2,1-2H3/t2*21-/m00/s1. The molecule has 68 heavy (non-hydrogen) atoms. The molecule has 0 aliphatic carbocycles. The van der Waals surface area contributed by atoms with Crippen LogP contribution in [-0.2, 0) is 6.42 Å². The number of ether oxygens (including phenoxy) is 3. The van der Waals surface area contributed by atoms with Crippen LogP contribution in [0.5, 0.6) is 17.2 Å². The number of aryl methyl sites for hydroxylation is 3. The Morgan fingerprint density at radius 1 is 0.588 bits per heavy atom. The molecule has 0 saturated carbocycles. The third-order valence-electron chi connectivity index (χ3n) is 13.2. The van der Waals surface area contributed by atoms with E-state index in [4.69, 9.17) is 31.9 Å². The van der Waals surface area contributed by atoms with Crippen LogP contribution in [0.4, 0.5) is 0 Å². The van der Waals surface area contributed by atoms with Gasteiger partial charge in [0.15, 0.2) is 11.5 Å². The summed E-state index contributed by atoms with van der Waals surface area (Å²) in [6.07, 6.45) is 4.29. The van der Waals surface area contributed by atoms with Crippen molar-refractivity contribution >= 4 is 21.9 Å². The van der Waals surface area contributed by atoms with Crippen LogP contribution in [0.3, 0.4) is 0 Å². The van der Waals surface area contributed by atoms with Crippen LogP contribution in [0.1, 0.15) is 71.6 Å². The fourth-order valence-electron chi connectivity index (χ4n) is 9.59. The van der Waals surface area contributed by atoms with Gasteiger partial charge in [-0.15, -0.1) is 20.4 Å². The first-order valence-corrected chi connectivity index (χ1v) is 23.7. The van der Waals surface area contributed by atoms with Crippen LogP contribution in [-0.4, -0.2) is 112 Å². The second-order valence-corrected chi connectivity index (χ2v) is 18.3. The van der Waals surface area contributed by atoms with Crippen molar-refractivity contribution in [2.24, 2.45) is 0 Å². The van der Waals surface area contributed by atoms with E-state index < -0.39 is 12.2 Å². The number of nitrogens with zero attached hydrogens (tertiary/aromatic N) is 6. The molecule has 0 unspecified atom stereocenters. The Kier molecular flexibility index (Phi) is 13.6. The van der Waals surface area contributed by atoms with Crippen LogP contribution in [0.25, 0.3) is 45.2 Å². The van der Waals surface area contributed by atoms with Gasteiger partial charge in [-0.2, -0.15) is 0 Å². The van der Waals surface area contributed by atoms with Gasteiger partial charge >= 0.3 is 0 Å². The molecule has 8 aromatic rings. The highest BCUT2D eigenvalue weighted by Gasteiger charge is 2.26. The van der Waals surface area contributed by atoms with Crippen molar-refractivity contribution in [1.82, 2.24) is 30.2 Å². The van der Waals surface area contributed by atoms with Crippen molar-refractivity contribution in [1.29, 1.82) is 0 Å². The summed E-state index contributed by atoms with van der Waals surface area (Å²) in [7, 11) is 0. The molecule has 11 rings (SSSR count). The molecular weight excluding hydrogens is 865 g/mol. The van der Waals surface area contributed by atoms with Gasteiger partial charge in [-0.25, -0.2) is 0 Å². The van der Waals surface area contributed by atoms with E-state index in [9.17, 15) is 10.2 Å². The lowest BCUT2D eigenvalue weighted by Crippen LogP contribution is -2.40. The number of fused-ring (bicyclic) bond motifs is 3. The summed E-state index contributed by atoms with van der Waals surface area (Å²) in [5.41, 5.74) is 6.82. The first-order chi connectivity index (χ1) is 33.2. The maximum atomic E-state index is 10.7. The zero-order chi connectivity index (χ0) is 46.6. The number of β-amino-alcohol motifs (C(OH)–C–C–N with tert-alkyl or cyclic N) is 2. The summed E-state index contributed by atoms with van der Waals surface area (Å²) in [6.45, 7) is 11.9. The molecule has 0 bridgehead atoms. The van der Waals surface area contributed by atoms with Gasteiger partial charge < -0.3 is 51.9 Å². The molecule has 3 aliphatic rings. The second kappa shape index (κ2) is 20.4. The smallest absolute Gasteiger partial charge is 0.283 e.